The highest BCUT2D eigenvalue weighted by Gasteiger charge is 2.28. The van der Waals surface area contributed by atoms with E-state index in [0.29, 0.717) is 24.8 Å². The molecule has 2 aliphatic rings. The molecule has 1 heterocycles. The fraction of sp³-hybridized carbons (Fsp3) is 0.846. The first-order valence-corrected chi connectivity index (χ1v) is 6.85. The molecule has 18 heavy (non-hydrogen) atoms. The Morgan fingerprint density at radius 2 is 2.00 bits per heavy atom. The van der Waals surface area contributed by atoms with Crippen molar-refractivity contribution in [3.63, 3.8) is 0 Å². The van der Waals surface area contributed by atoms with E-state index >= 15 is 0 Å². The van der Waals surface area contributed by atoms with Gasteiger partial charge in [-0.25, -0.2) is 0 Å². The number of nitrogens with one attached hydrogen (secondary N) is 1. The first kappa shape index (κ1) is 13.3. The molecule has 0 radical (unpaired) electrons. The van der Waals surface area contributed by atoms with Crippen molar-refractivity contribution in [2.45, 2.75) is 32.1 Å². The standard InChI is InChI=1S/C13H22N2O3/c16-12(4-3-10-5-6-14-7-10)15(9-13(17)18)8-11-1-2-11/h10-11,14H,1-9H2,(H,17,18). The van der Waals surface area contributed by atoms with Crippen molar-refractivity contribution in [1.29, 1.82) is 0 Å². The Bertz CT molecular complexity index is 309. The molecule has 1 saturated carbocycles. The summed E-state index contributed by atoms with van der Waals surface area (Å²) in [5.74, 6) is 0.228. The topological polar surface area (TPSA) is 69.6 Å². The highest BCUT2D eigenvalue weighted by Crippen LogP contribution is 2.30. The number of aliphatic carboxylic acids is 1. The first-order chi connectivity index (χ1) is 8.65. The number of hydrogen-bond donors (Lipinski definition) is 2. The van der Waals surface area contributed by atoms with Gasteiger partial charge in [-0.3, -0.25) is 9.59 Å². The third-order valence-corrected chi connectivity index (χ3v) is 3.78. The Hall–Kier alpha value is -1.10. The van der Waals surface area contributed by atoms with Gasteiger partial charge in [0.05, 0.1) is 0 Å². The summed E-state index contributed by atoms with van der Waals surface area (Å²) in [6.45, 7) is 2.53. The Morgan fingerprint density at radius 1 is 1.22 bits per heavy atom. The van der Waals surface area contributed by atoms with Crippen LogP contribution in [0.1, 0.15) is 32.1 Å². The van der Waals surface area contributed by atoms with Crippen LogP contribution >= 0.6 is 0 Å². The van der Waals surface area contributed by atoms with E-state index in [9.17, 15) is 9.59 Å². The van der Waals surface area contributed by atoms with Gasteiger partial charge in [0.1, 0.15) is 6.54 Å². The van der Waals surface area contributed by atoms with E-state index in [1.165, 1.54) is 4.90 Å². The van der Waals surface area contributed by atoms with Gasteiger partial charge < -0.3 is 15.3 Å². The van der Waals surface area contributed by atoms with E-state index in [1.807, 2.05) is 0 Å². The van der Waals surface area contributed by atoms with Gasteiger partial charge in [-0.1, -0.05) is 0 Å². The molecule has 1 unspecified atom stereocenters. The van der Waals surface area contributed by atoms with Gasteiger partial charge in [-0.05, 0) is 50.6 Å². The van der Waals surface area contributed by atoms with Crippen LogP contribution in [0.3, 0.4) is 0 Å². The minimum atomic E-state index is -0.911. The number of carbonyl (C=O) groups excluding carboxylic acids is 1. The maximum atomic E-state index is 12.0. The summed E-state index contributed by atoms with van der Waals surface area (Å²) in [5, 5.41) is 12.1. The van der Waals surface area contributed by atoms with Crippen LogP contribution in [-0.4, -0.2) is 48.1 Å². The van der Waals surface area contributed by atoms with Crippen LogP contribution in [0.2, 0.25) is 0 Å². The van der Waals surface area contributed by atoms with Crippen LogP contribution in [0.4, 0.5) is 0 Å². The Morgan fingerprint density at radius 3 is 2.56 bits per heavy atom. The molecule has 102 valence electrons. The van der Waals surface area contributed by atoms with E-state index < -0.39 is 5.97 Å². The van der Waals surface area contributed by atoms with Gasteiger partial charge in [0.15, 0.2) is 0 Å². The van der Waals surface area contributed by atoms with Crippen LogP contribution < -0.4 is 5.32 Å². The highest BCUT2D eigenvalue weighted by atomic mass is 16.4. The molecule has 0 aromatic rings. The second-order valence-corrected chi connectivity index (χ2v) is 5.51. The quantitative estimate of drug-likeness (QED) is 0.701. The Labute approximate surface area is 108 Å². The monoisotopic (exact) mass is 254 g/mol. The van der Waals surface area contributed by atoms with Crippen LogP contribution in [0.5, 0.6) is 0 Å². The van der Waals surface area contributed by atoms with E-state index in [0.717, 1.165) is 38.8 Å². The van der Waals surface area contributed by atoms with Crippen molar-refractivity contribution in [2.24, 2.45) is 11.8 Å². The zero-order valence-corrected chi connectivity index (χ0v) is 10.7. The number of hydrogen-bond acceptors (Lipinski definition) is 3. The summed E-state index contributed by atoms with van der Waals surface area (Å²) in [6.07, 6.45) is 4.78. The molecule has 1 saturated heterocycles. The molecule has 1 atom stereocenters. The maximum absolute atomic E-state index is 12.0. The smallest absolute Gasteiger partial charge is 0.323 e. The van der Waals surface area contributed by atoms with Crippen molar-refractivity contribution in [3.05, 3.63) is 0 Å². The van der Waals surface area contributed by atoms with Gasteiger partial charge >= 0.3 is 5.97 Å². The summed E-state index contributed by atoms with van der Waals surface area (Å²) < 4.78 is 0. The SMILES string of the molecule is O=C(O)CN(CC1CC1)C(=O)CCC1CCNC1. The molecule has 2 rings (SSSR count). The lowest BCUT2D eigenvalue weighted by atomic mass is 10.0. The zero-order valence-electron chi connectivity index (χ0n) is 10.7. The number of rotatable bonds is 7. The molecule has 1 amide bonds. The fourth-order valence-corrected chi connectivity index (χ4v) is 2.48. The molecule has 0 bridgehead atoms. The predicted octanol–water partition coefficient (Wildman–Crippen LogP) is 0.699. The van der Waals surface area contributed by atoms with Crippen LogP contribution in [0.15, 0.2) is 0 Å². The molecule has 0 spiro atoms. The molecule has 5 heteroatoms. The molecule has 1 aliphatic heterocycles. The second-order valence-electron chi connectivity index (χ2n) is 5.51. The maximum Gasteiger partial charge on any atom is 0.323 e. The first-order valence-electron chi connectivity index (χ1n) is 6.85. The second kappa shape index (κ2) is 6.18. The number of amides is 1. The molecule has 1 aliphatic carbocycles. The predicted molar refractivity (Wildman–Crippen MR) is 67.2 cm³/mol. The van der Waals surface area contributed by atoms with Crippen molar-refractivity contribution in [1.82, 2.24) is 10.2 Å². The van der Waals surface area contributed by atoms with Gasteiger partial charge in [0, 0.05) is 13.0 Å². The molecule has 2 N–H and O–H groups in total. The minimum Gasteiger partial charge on any atom is -0.480 e. The van der Waals surface area contributed by atoms with Crippen molar-refractivity contribution in [2.75, 3.05) is 26.2 Å². The summed E-state index contributed by atoms with van der Waals surface area (Å²) in [6, 6.07) is 0. The van der Waals surface area contributed by atoms with Gasteiger partial charge in [0.2, 0.25) is 5.91 Å². The average molecular weight is 254 g/mol. The van der Waals surface area contributed by atoms with Crippen LogP contribution in [-0.2, 0) is 9.59 Å². The summed E-state index contributed by atoms with van der Waals surface area (Å²) >= 11 is 0. The minimum absolute atomic E-state index is 0.0104. The largest absolute Gasteiger partial charge is 0.480 e. The van der Waals surface area contributed by atoms with E-state index in [4.69, 9.17) is 5.11 Å². The normalized spacial score (nSPS) is 23.0. The van der Waals surface area contributed by atoms with E-state index in [-0.39, 0.29) is 12.5 Å². The molecule has 0 aromatic carbocycles. The number of carboxylic acid groups (broad SMARTS) is 1. The Balaban J connectivity index is 1.75. The number of carbonyl (C=O) groups is 2. The van der Waals surface area contributed by atoms with Gasteiger partial charge in [-0.2, -0.15) is 0 Å². The summed E-state index contributed by atoms with van der Waals surface area (Å²) in [7, 11) is 0. The van der Waals surface area contributed by atoms with Crippen molar-refractivity contribution < 1.29 is 14.7 Å². The van der Waals surface area contributed by atoms with E-state index in [1.54, 1.807) is 0 Å². The lowest BCUT2D eigenvalue weighted by Gasteiger charge is -2.21. The molecule has 2 fully saturated rings. The number of carboxylic acids is 1. The summed E-state index contributed by atoms with van der Waals surface area (Å²) in [4.78, 5) is 24.3. The zero-order chi connectivity index (χ0) is 13.0. The molecular weight excluding hydrogens is 232 g/mol. The van der Waals surface area contributed by atoms with Crippen molar-refractivity contribution in [3.8, 4) is 0 Å². The highest BCUT2D eigenvalue weighted by molar-refractivity contribution is 5.81. The molecule has 5 nitrogen and oxygen atoms in total. The Kier molecular flexibility index (Phi) is 4.58. The molecule has 0 aromatic heterocycles. The molecular formula is C13H22N2O3. The number of nitrogens with zero attached hydrogens (tertiary/aromatic N) is 1. The van der Waals surface area contributed by atoms with E-state index in [2.05, 4.69) is 5.32 Å². The van der Waals surface area contributed by atoms with Crippen LogP contribution in [0.25, 0.3) is 0 Å². The van der Waals surface area contributed by atoms with Gasteiger partial charge in [0.25, 0.3) is 0 Å². The lowest BCUT2D eigenvalue weighted by Crippen LogP contribution is -2.37. The van der Waals surface area contributed by atoms with Crippen molar-refractivity contribution >= 4 is 11.9 Å². The average Bonchev–Trinajstić information content (AvgIpc) is 2.98. The van der Waals surface area contributed by atoms with Gasteiger partial charge in [-0.15, -0.1) is 0 Å². The van der Waals surface area contributed by atoms with Crippen LogP contribution in [0, 0.1) is 11.8 Å². The summed E-state index contributed by atoms with van der Waals surface area (Å²) in [5.41, 5.74) is 0. The third kappa shape index (κ3) is 4.29. The fourth-order valence-electron chi connectivity index (χ4n) is 2.48. The third-order valence-electron chi connectivity index (χ3n) is 3.78. The lowest BCUT2D eigenvalue weighted by molar-refractivity contribution is -0.144.